The van der Waals surface area contributed by atoms with E-state index in [1.54, 1.807) is 6.08 Å². The minimum atomic E-state index is -0.846. The minimum absolute atomic E-state index is 0.00957. The summed E-state index contributed by atoms with van der Waals surface area (Å²) in [7, 11) is 0. The van der Waals surface area contributed by atoms with Crippen molar-refractivity contribution in [2.45, 2.75) is 450 Å². The molecule has 0 aromatic rings. The van der Waals surface area contributed by atoms with Gasteiger partial charge in [0.2, 0.25) is 5.91 Å². The van der Waals surface area contributed by atoms with Crippen molar-refractivity contribution in [2.75, 3.05) is 13.2 Å². The quantitative estimate of drug-likeness (QED) is 0.0320. The maximum Gasteiger partial charge on any atom is 0.305 e. The standard InChI is InChI=1S/C80H153NO5/c1-3-5-7-9-11-13-15-17-19-21-22-23-24-32-35-38-41-44-48-52-56-60-64-68-72-78(83)77(76-82)81-79(84)73-69-65-61-57-53-49-45-42-39-36-33-30-28-26-25-27-29-31-34-37-40-43-47-51-55-59-63-67-71-75-86-80(85)74-70-66-62-58-54-50-46-20-18-16-14-12-10-8-6-4-2/h20,25,27,46,68,72,77-78,82-83H,3-19,21-24,26,28-45,47-67,69-71,73-76H2,1-2H3,(H,81,84)/b27-25-,46-20-,72-68+. The van der Waals surface area contributed by atoms with Gasteiger partial charge >= 0.3 is 5.97 Å². The third kappa shape index (κ3) is 71.2. The number of hydrogen-bond donors (Lipinski definition) is 3. The van der Waals surface area contributed by atoms with Crippen molar-refractivity contribution in [3.8, 4) is 0 Å². The van der Waals surface area contributed by atoms with Crippen LogP contribution in [0.25, 0.3) is 0 Å². The summed E-state index contributed by atoms with van der Waals surface area (Å²) in [6.45, 7) is 4.94. The van der Waals surface area contributed by atoms with Crippen LogP contribution in [0.3, 0.4) is 0 Å². The lowest BCUT2D eigenvalue weighted by atomic mass is 10.0. The van der Waals surface area contributed by atoms with Gasteiger partial charge in [-0.25, -0.2) is 0 Å². The summed E-state index contributed by atoms with van der Waals surface area (Å²) in [4.78, 5) is 24.6. The molecule has 0 aromatic heterocycles. The van der Waals surface area contributed by atoms with Gasteiger partial charge in [-0.3, -0.25) is 9.59 Å². The number of nitrogens with one attached hydrogen (secondary N) is 1. The van der Waals surface area contributed by atoms with Gasteiger partial charge in [0, 0.05) is 12.8 Å². The van der Waals surface area contributed by atoms with Crippen LogP contribution in [-0.2, 0) is 14.3 Å². The summed E-state index contributed by atoms with van der Waals surface area (Å²) < 4.78 is 5.50. The Morgan fingerprint density at radius 3 is 0.826 bits per heavy atom. The zero-order valence-electron chi connectivity index (χ0n) is 58.3. The summed E-state index contributed by atoms with van der Waals surface area (Å²) in [5, 5.41) is 23.3. The summed E-state index contributed by atoms with van der Waals surface area (Å²) in [5.74, 6) is -0.0529. The van der Waals surface area contributed by atoms with Crippen LogP contribution in [-0.4, -0.2) is 47.4 Å². The molecule has 2 atom stereocenters. The fraction of sp³-hybridized carbons (Fsp3) is 0.900. The minimum Gasteiger partial charge on any atom is -0.466 e. The van der Waals surface area contributed by atoms with Crippen LogP contribution in [0.1, 0.15) is 438 Å². The third-order valence-electron chi connectivity index (χ3n) is 18.4. The Balaban J connectivity index is 3.40. The number of aliphatic hydroxyl groups excluding tert-OH is 2. The van der Waals surface area contributed by atoms with Gasteiger partial charge in [0.25, 0.3) is 0 Å². The van der Waals surface area contributed by atoms with E-state index in [-0.39, 0.29) is 18.5 Å². The molecule has 0 bridgehead atoms. The second-order valence-electron chi connectivity index (χ2n) is 27.0. The Hall–Kier alpha value is -1.92. The van der Waals surface area contributed by atoms with Crippen molar-refractivity contribution < 1.29 is 24.5 Å². The molecule has 0 heterocycles. The van der Waals surface area contributed by atoms with Crippen LogP contribution in [0.4, 0.5) is 0 Å². The SMILES string of the molecule is CCCCCCCCC/C=C\CCCCCCCC(=O)OCCCCCCCCCCCCCC/C=C\CCCCCCCCCCCCCCCC(=O)NC(CO)C(O)/C=C/CCCCCCCCCCCCCCCCCCCCCCCC. The smallest absolute Gasteiger partial charge is 0.305 e. The maximum atomic E-state index is 12.6. The van der Waals surface area contributed by atoms with E-state index in [4.69, 9.17) is 4.74 Å². The highest BCUT2D eigenvalue weighted by Crippen LogP contribution is 2.19. The first-order chi connectivity index (χ1) is 42.5. The molecule has 6 heteroatoms. The molecule has 0 aromatic carbocycles. The van der Waals surface area contributed by atoms with Gasteiger partial charge in [0.1, 0.15) is 0 Å². The van der Waals surface area contributed by atoms with Crippen LogP contribution in [0.15, 0.2) is 36.5 Å². The zero-order valence-corrected chi connectivity index (χ0v) is 58.3. The van der Waals surface area contributed by atoms with E-state index in [2.05, 4.69) is 43.5 Å². The van der Waals surface area contributed by atoms with Crippen LogP contribution < -0.4 is 5.32 Å². The van der Waals surface area contributed by atoms with E-state index < -0.39 is 12.1 Å². The van der Waals surface area contributed by atoms with Gasteiger partial charge in [-0.1, -0.05) is 378 Å². The van der Waals surface area contributed by atoms with Crippen molar-refractivity contribution in [1.29, 1.82) is 0 Å². The van der Waals surface area contributed by atoms with Gasteiger partial charge in [0.05, 0.1) is 25.4 Å². The van der Waals surface area contributed by atoms with Crippen molar-refractivity contribution in [1.82, 2.24) is 5.32 Å². The topological polar surface area (TPSA) is 95.9 Å². The molecule has 0 spiro atoms. The fourth-order valence-corrected chi connectivity index (χ4v) is 12.4. The number of carbonyl (C=O) groups is 2. The average Bonchev–Trinajstić information content (AvgIpc) is 3.53. The second-order valence-corrected chi connectivity index (χ2v) is 27.0. The molecule has 508 valence electrons. The summed E-state index contributed by atoms with van der Waals surface area (Å²) in [6, 6.07) is -0.629. The highest BCUT2D eigenvalue weighted by Gasteiger charge is 2.18. The molecule has 0 aliphatic heterocycles. The predicted octanol–water partition coefficient (Wildman–Crippen LogP) is 25.8. The van der Waals surface area contributed by atoms with Crippen molar-refractivity contribution in [2.24, 2.45) is 0 Å². The van der Waals surface area contributed by atoms with Crippen LogP contribution in [0.5, 0.6) is 0 Å². The first-order valence-corrected chi connectivity index (χ1v) is 39.3. The van der Waals surface area contributed by atoms with E-state index in [1.165, 1.54) is 366 Å². The molecule has 0 rings (SSSR count). The third-order valence-corrected chi connectivity index (χ3v) is 18.4. The molecule has 0 aliphatic carbocycles. The summed E-state index contributed by atoms with van der Waals surface area (Å²) in [5.41, 5.74) is 0. The van der Waals surface area contributed by atoms with E-state index >= 15 is 0 Å². The molecule has 3 N–H and O–H groups in total. The van der Waals surface area contributed by atoms with E-state index in [0.717, 1.165) is 44.9 Å². The highest BCUT2D eigenvalue weighted by molar-refractivity contribution is 5.76. The van der Waals surface area contributed by atoms with E-state index in [0.29, 0.717) is 19.4 Å². The average molecular weight is 1210 g/mol. The lowest BCUT2D eigenvalue weighted by molar-refractivity contribution is -0.143. The molecule has 1 amide bonds. The fourth-order valence-electron chi connectivity index (χ4n) is 12.4. The number of allylic oxidation sites excluding steroid dienone is 5. The molecule has 0 radical (unpaired) electrons. The lowest BCUT2D eigenvalue weighted by Crippen LogP contribution is -2.45. The highest BCUT2D eigenvalue weighted by atomic mass is 16.5. The first kappa shape index (κ1) is 84.1. The molecular formula is C80H153NO5. The number of unbranched alkanes of at least 4 members (excludes halogenated alkanes) is 59. The van der Waals surface area contributed by atoms with E-state index in [1.807, 2.05) is 6.08 Å². The molecule has 2 unspecified atom stereocenters. The van der Waals surface area contributed by atoms with Gasteiger partial charge in [0.15, 0.2) is 0 Å². The molecule has 86 heavy (non-hydrogen) atoms. The normalized spacial score (nSPS) is 12.7. The first-order valence-electron chi connectivity index (χ1n) is 39.3. The molecule has 6 nitrogen and oxygen atoms in total. The Morgan fingerprint density at radius 1 is 0.314 bits per heavy atom. The van der Waals surface area contributed by atoms with Gasteiger partial charge in [-0.2, -0.15) is 0 Å². The molecule has 0 saturated heterocycles. The Morgan fingerprint density at radius 2 is 0.547 bits per heavy atom. The van der Waals surface area contributed by atoms with Crippen molar-refractivity contribution in [3.05, 3.63) is 36.5 Å². The van der Waals surface area contributed by atoms with Crippen LogP contribution in [0.2, 0.25) is 0 Å². The Kier molecular flexibility index (Phi) is 73.9. The molecule has 0 aliphatic rings. The monoisotopic (exact) mass is 1210 g/mol. The van der Waals surface area contributed by atoms with Gasteiger partial charge in [-0.05, 0) is 83.5 Å². The number of aliphatic hydroxyl groups is 2. The summed E-state index contributed by atoms with van der Waals surface area (Å²) >= 11 is 0. The molecule has 0 fully saturated rings. The summed E-state index contributed by atoms with van der Waals surface area (Å²) in [6.07, 6.45) is 98.3. The Labute approximate surface area is 538 Å². The van der Waals surface area contributed by atoms with Crippen molar-refractivity contribution >= 4 is 11.9 Å². The largest absolute Gasteiger partial charge is 0.466 e. The molecule has 0 saturated carbocycles. The van der Waals surface area contributed by atoms with E-state index in [9.17, 15) is 19.8 Å². The number of amides is 1. The van der Waals surface area contributed by atoms with Crippen LogP contribution >= 0.6 is 0 Å². The zero-order chi connectivity index (χ0) is 62.0. The Bertz CT molecular complexity index is 1390. The maximum absolute atomic E-state index is 12.6. The second kappa shape index (κ2) is 75.5. The lowest BCUT2D eigenvalue weighted by Gasteiger charge is -2.20. The van der Waals surface area contributed by atoms with Gasteiger partial charge in [-0.15, -0.1) is 0 Å². The molecular weight excluding hydrogens is 1050 g/mol. The number of rotatable bonds is 74. The van der Waals surface area contributed by atoms with Gasteiger partial charge < -0.3 is 20.3 Å². The number of hydrogen-bond acceptors (Lipinski definition) is 5. The van der Waals surface area contributed by atoms with Crippen molar-refractivity contribution in [3.63, 3.8) is 0 Å². The van der Waals surface area contributed by atoms with Crippen LogP contribution in [0, 0.1) is 0 Å². The number of carbonyl (C=O) groups excluding carboxylic acids is 2. The predicted molar refractivity (Wildman–Crippen MR) is 379 cm³/mol. The number of ether oxygens (including phenoxy) is 1. The number of esters is 1.